The summed E-state index contributed by atoms with van der Waals surface area (Å²) in [4.78, 5) is 0. The van der Waals surface area contributed by atoms with E-state index < -0.39 is 17.5 Å². The Bertz CT molecular complexity index is 659. The summed E-state index contributed by atoms with van der Waals surface area (Å²) in [5.74, 6) is -2.22. The van der Waals surface area contributed by atoms with E-state index in [9.17, 15) is 13.2 Å². The van der Waals surface area contributed by atoms with Crippen LogP contribution in [0.5, 0.6) is 5.75 Å². The van der Waals surface area contributed by atoms with Gasteiger partial charge in [0.1, 0.15) is 11.5 Å². The summed E-state index contributed by atoms with van der Waals surface area (Å²) in [6.45, 7) is 1.51. The first-order chi connectivity index (χ1) is 9.43. The van der Waals surface area contributed by atoms with Crippen LogP contribution in [0.15, 0.2) is 24.3 Å². The van der Waals surface area contributed by atoms with Crippen LogP contribution in [0, 0.1) is 24.4 Å². The van der Waals surface area contributed by atoms with Crippen LogP contribution in [0.1, 0.15) is 5.56 Å². The fourth-order valence-electron chi connectivity index (χ4n) is 1.74. The van der Waals surface area contributed by atoms with E-state index in [0.717, 1.165) is 12.1 Å². The minimum Gasteiger partial charge on any atom is -0.494 e. The first-order valence-corrected chi connectivity index (χ1v) is 5.78. The van der Waals surface area contributed by atoms with Gasteiger partial charge in [0.05, 0.1) is 18.5 Å². The molecule has 0 saturated heterocycles. The lowest BCUT2D eigenvalue weighted by atomic mass is 10.1. The predicted octanol–water partition coefficient (Wildman–Crippen LogP) is 3.75. The van der Waals surface area contributed by atoms with Crippen LogP contribution in [0.4, 0.5) is 30.2 Å². The molecule has 0 fully saturated rings. The molecule has 0 aliphatic rings. The lowest BCUT2D eigenvalue weighted by Crippen LogP contribution is -2.03. The summed E-state index contributed by atoms with van der Waals surface area (Å²) in [6, 6.07) is 4.72. The summed E-state index contributed by atoms with van der Waals surface area (Å²) < 4.78 is 45.8. The van der Waals surface area contributed by atoms with Gasteiger partial charge < -0.3 is 15.8 Å². The Labute approximate surface area is 114 Å². The minimum atomic E-state index is -0.768. The van der Waals surface area contributed by atoms with E-state index in [1.807, 2.05) is 0 Å². The number of aryl methyl sites for hydroxylation is 1. The first-order valence-electron chi connectivity index (χ1n) is 5.78. The van der Waals surface area contributed by atoms with Crippen molar-refractivity contribution in [1.29, 1.82) is 0 Å². The number of halogens is 3. The maximum atomic E-state index is 13.9. The molecular weight excluding hydrogens is 269 g/mol. The summed E-state index contributed by atoms with van der Waals surface area (Å²) in [5.41, 5.74) is 5.74. The second kappa shape index (κ2) is 5.32. The highest BCUT2D eigenvalue weighted by molar-refractivity contribution is 5.75. The van der Waals surface area contributed by atoms with Gasteiger partial charge in [0.15, 0.2) is 17.4 Å². The monoisotopic (exact) mass is 282 g/mol. The molecular formula is C14H13F3N2O. The molecule has 2 aromatic carbocycles. The normalized spacial score (nSPS) is 10.4. The molecule has 0 spiro atoms. The minimum absolute atomic E-state index is 0.0172. The molecule has 106 valence electrons. The van der Waals surface area contributed by atoms with Gasteiger partial charge in [-0.15, -0.1) is 0 Å². The SMILES string of the molecule is COc1cc(Nc2c(F)ccc(C)c2F)c(N)cc1F. The molecule has 3 N–H and O–H groups in total. The van der Waals surface area contributed by atoms with Crippen molar-refractivity contribution < 1.29 is 17.9 Å². The molecule has 0 bridgehead atoms. The zero-order valence-electron chi connectivity index (χ0n) is 10.9. The van der Waals surface area contributed by atoms with Gasteiger partial charge in [-0.2, -0.15) is 0 Å². The summed E-state index contributed by atoms with van der Waals surface area (Å²) in [5, 5.41) is 2.53. The van der Waals surface area contributed by atoms with E-state index in [2.05, 4.69) is 5.32 Å². The standard InChI is InChI=1S/C14H13F3N2O/c1-7-3-4-8(15)14(13(7)17)19-11-6-12(20-2)9(16)5-10(11)18/h3-6,19H,18H2,1-2H3. The zero-order valence-corrected chi connectivity index (χ0v) is 10.9. The third kappa shape index (κ3) is 2.49. The predicted molar refractivity (Wildman–Crippen MR) is 71.7 cm³/mol. The molecule has 20 heavy (non-hydrogen) atoms. The topological polar surface area (TPSA) is 47.3 Å². The van der Waals surface area contributed by atoms with E-state index in [1.54, 1.807) is 0 Å². The van der Waals surface area contributed by atoms with E-state index in [1.165, 1.54) is 26.2 Å². The number of benzene rings is 2. The molecule has 0 unspecified atom stereocenters. The lowest BCUT2D eigenvalue weighted by Gasteiger charge is -2.14. The number of anilines is 3. The highest BCUT2D eigenvalue weighted by atomic mass is 19.1. The van der Waals surface area contributed by atoms with Gasteiger partial charge in [-0.25, -0.2) is 13.2 Å². The van der Waals surface area contributed by atoms with E-state index in [-0.39, 0.29) is 28.4 Å². The van der Waals surface area contributed by atoms with Gasteiger partial charge in [0, 0.05) is 12.1 Å². The molecule has 0 atom stereocenters. The number of methoxy groups -OCH3 is 1. The second-order valence-electron chi connectivity index (χ2n) is 4.25. The molecule has 0 aromatic heterocycles. The van der Waals surface area contributed by atoms with Crippen molar-refractivity contribution in [1.82, 2.24) is 0 Å². The van der Waals surface area contributed by atoms with Crippen molar-refractivity contribution in [3.63, 3.8) is 0 Å². The molecule has 0 saturated carbocycles. The molecule has 2 rings (SSSR count). The third-order valence-corrected chi connectivity index (χ3v) is 2.87. The van der Waals surface area contributed by atoms with Crippen LogP contribution in [0.25, 0.3) is 0 Å². The van der Waals surface area contributed by atoms with Gasteiger partial charge in [0.2, 0.25) is 0 Å². The van der Waals surface area contributed by atoms with E-state index in [4.69, 9.17) is 10.5 Å². The van der Waals surface area contributed by atoms with Gasteiger partial charge in [0.25, 0.3) is 0 Å². The molecule has 0 radical (unpaired) electrons. The maximum absolute atomic E-state index is 13.9. The molecule has 0 heterocycles. The largest absolute Gasteiger partial charge is 0.494 e. The lowest BCUT2D eigenvalue weighted by molar-refractivity contribution is 0.387. The fraction of sp³-hybridized carbons (Fsp3) is 0.143. The van der Waals surface area contributed by atoms with Gasteiger partial charge in [-0.1, -0.05) is 6.07 Å². The Morgan fingerprint density at radius 3 is 2.45 bits per heavy atom. The molecule has 0 amide bonds. The molecule has 3 nitrogen and oxygen atoms in total. The van der Waals surface area contributed by atoms with Gasteiger partial charge in [-0.3, -0.25) is 0 Å². The number of ether oxygens (including phenoxy) is 1. The molecule has 6 heteroatoms. The van der Waals surface area contributed by atoms with E-state index in [0.29, 0.717) is 0 Å². The quantitative estimate of drug-likeness (QED) is 0.843. The van der Waals surface area contributed by atoms with Crippen molar-refractivity contribution in [3.8, 4) is 5.75 Å². The van der Waals surface area contributed by atoms with Crippen molar-refractivity contribution in [2.45, 2.75) is 6.92 Å². The van der Waals surface area contributed by atoms with Gasteiger partial charge >= 0.3 is 0 Å². The van der Waals surface area contributed by atoms with Crippen molar-refractivity contribution >= 4 is 17.1 Å². The van der Waals surface area contributed by atoms with Crippen molar-refractivity contribution in [2.24, 2.45) is 0 Å². The van der Waals surface area contributed by atoms with E-state index >= 15 is 0 Å². The number of nitrogen functional groups attached to an aromatic ring is 1. The number of nitrogens with one attached hydrogen (secondary N) is 1. The summed E-state index contributed by atoms with van der Waals surface area (Å²) >= 11 is 0. The van der Waals surface area contributed by atoms with Crippen LogP contribution in [-0.4, -0.2) is 7.11 Å². The van der Waals surface area contributed by atoms with Crippen LogP contribution in [0.2, 0.25) is 0 Å². The zero-order chi connectivity index (χ0) is 14.9. The highest BCUT2D eigenvalue weighted by Gasteiger charge is 2.15. The number of hydrogen-bond donors (Lipinski definition) is 2. The number of nitrogens with two attached hydrogens (primary N) is 1. The van der Waals surface area contributed by atoms with Crippen LogP contribution < -0.4 is 15.8 Å². The molecule has 0 aliphatic heterocycles. The van der Waals surface area contributed by atoms with Crippen molar-refractivity contribution in [2.75, 3.05) is 18.2 Å². The number of hydrogen-bond acceptors (Lipinski definition) is 3. The summed E-state index contributed by atoms with van der Waals surface area (Å²) in [6.07, 6.45) is 0. The Hall–Kier alpha value is -2.37. The average molecular weight is 282 g/mol. The van der Waals surface area contributed by atoms with Crippen molar-refractivity contribution in [3.05, 3.63) is 47.3 Å². The fourth-order valence-corrected chi connectivity index (χ4v) is 1.74. The van der Waals surface area contributed by atoms with Crippen LogP contribution in [0.3, 0.4) is 0 Å². The second-order valence-corrected chi connectivity index (χ2v) is 4.25. The Kier molecular flexibility index (Phi) is 3.74. The summed E-state index contributed by atoms with van der Waals surface area (Å²) in [7, 11) is 1.28. The van der Waals surface area contributed by atoms with Crippen LogP contribution in [-0.2, 0) is 0 Å². The maximum Gasteiger partial charge on any atom is 0.167 e. The average Bonchev–Trinajstić information content (AvgIpc) is 2.41. The van der Waals surface area contributed by atoms with Gasteiger partial charge in [-0.05, 0) is 18.6 Å². The first kappa shape index (κ1) is 14.0. The molecule has 2 aromatic rings. The third-order valence-electron chi connectivity index (χ3n) is 2.87. The Balaban J connectivity index is 2.48. The number of rotatable bonds is 3. The molecule has 0 aliphatic carbocycles. The Morgan fingerprint density at radius 1 is 1.10 bits per heavy atom. The highest BCUT2D eigenvalue weighted by Crippen LogP contribution is 2.32. The van der Waals surface area contributed by atoms with Crippen LogP contribution >= 0.6 is 0 Å². The smallest absolute Gasteiger partial charge is 0.167 e. The Morgan fingerprint density at radius 2 is 1.80 bits per heavy atom.